The van der Waals surface area contributed by atoms with Gasteiger partial charge in [0.2, 0.25) is 0 Å². The molecule has 0 saturated carbocycles. The Morgan fingerprint density at radius 3 is 2.15 bits per heavy atom. The van der Waals surface area contributed by atoms with E-state index in [4.69, 9.17) is 14.2 Å². The summed E-state index contributed by atoms with van der Waals surface area (Å²) < 4.78 is 18.1. The van der Waals surface area contributed by atoms with E-state index in [1.54, 1.807) is 12.0 Å². The molecule has 0 atom stereocenters. The van der Waals surface area contributed by atoms with E-state index in [0.717, 1.165) is 28.8 Å². The molecule has 0 aliphatic carbocycles. The fourth-order valence-corrected chi connectivity index (χ4v) is 3.94. The molecule has 3 rings (SSSR count). The number of piperidine rings is 1. The molecule has 0 radical (unpaired) electrons. The second-order valence-corrected chi connectivity index (χ2v) is 10.3. The van der Waals surface area contributed by atoms with Crippen molar-refractivity contribution in [3.05, 3.63) is 58.6 Å². The van der Waals surface area contributed by atoms with E-state index in [2.05, 4.69) is 54.0 Å². The summed E-state index contributed by atoms with van der Waals surface area (Å²) in [6.45, 7) is 11.7. The number of benzene rings is 2. The summed E-state index contributed by atoms with van der Waals surface area (Å²) >= 11 is 3.52. The first-order valence-electron chi connectivity index (χ1n) is 11.6. The van der Waals surface area contributed by atoms with Crippen molar-refractivity contribution >= 4 is 22.0 Å². The largest absolute Gasteiger partial charge is 0.497 e. The Balaban J connectivity index is 0.00000122. The summed E-state index contributed by atoms with van der Waals surface area (Å²) in [4.78, 5) is 14.3. The van der Waals surface area contributed by atoms with Gasteiger partial charge in [0.1, 0.15) is 17.1 Å². The zero-order chi connectivity index (χ0) is 24.5. The molecule has 0 N–H and O–H groups in total. The summed E-state index contributed by atoms with van der Waals surface area (Å²) in [5.41, 5.74) is 0.548. The van der Waals surface area contributed by atoms with Crippen molar-refractivity contribution in [3.8, 4) is 11.5 Å². The van der Waals surface area contributed by atoms with Crippen LogP contribution in [0.5, 0.6) is 11.5 Å². The molecule has 0 spiro atoms. The van der Waals surface area contributed by atoms with Gasteiger partial charge in [-0.05, 0) is 63.4 Å². The first-order chi connectivity index (χ1) is 15.6. The lowest BCUT2D eigenvalue weighted by Gasteiger charge is -2.42. The summed E-state index contributed by atoms with van der Waals surface area (Å²) in [7, 11) is 1.65. The standard InChI is InChI=1S/C24H30BrNO4.C3H8/c1-23(2,3)30-22(27)26-14-12-24(13-15-26,18-8-10-19(25)11-9-18)17-29-21-7-5-6-20(16-21)28-4;1-3-2/h5-11,16H,12-15,17H2,1-4H3;3H2,1-2H3. The van der Waals surface area contributed by atoms with Gasteiger partial charge in [-0.1, -0.05) is 54.4 Å². The zero-order valence-corrected chi connectivity index (χ0v) is 22.4. The maximum absolute atomic E-state index is 12.5. The maximum Gasteiger partial charge on any atom is 0.410 e. The van der Waals surface area contributed by atoms with E-state index in [1.807, 2.05) is 45.0 Å². The maximum atomic E-state index is 12.5. The van der Waals surface area contributed by atoms with Crippen LogP contribution in [0.25, 0.3) is 0 Å². The molecule has 1 saturated heterocycles. The monoisotopic (exact) mass is 519 g/mol. The molecule has 1 fully saturated rings. The Morgan fingerprint density at radius 1 is 1.03 bits per heavy atom. The molecule has 2 aromatic carbocycles. The summed E-state index contributed by atoms with van der Waals surface area (Å²) in [5, 5.41) is 0. The van der Waals surface area contributed by atoms with Crippen LogP contribution in [0.3, 0.4) is 0 Å². The number of methoxy groups -OCH3 is 1. The third kappa shape index (κ3) is 8.26. The lowest BCUT2D eigenvalue weighted by molar-refractivity contribution is 0.0133. The highest BCUT2D eigenvalue weighted by atomic mass is 79.9. The van der Waals surface area contributed by atoms with Crippen LogP contribution in [0, 0.1) is 0 Å². The Bertz CT molecular complexity index is 868. The predicted molar refractivity (Wildman–Crippen MR) is 137 cm³/mol. The van der Waals surface area contributed by atoms with Crippen molar-refractivity contribution in [2.75, 3.05) is 26.8 Å². The summed E-state index contributed by atoms with van der Waals surface area (Å²) in [5.74, 6) is 1.55. The van der Waals surface area contributed by atoms with Gasteiger partial charge in [0, 0.05) is 29.0 Å². The van der Waals surface area contributed by atoms with Crippen LogP contribution in [0.15, 0.2) is 53.0 Å². The molecule has 1 aliphatic heterocycles. The fourth-order valence-electron chi connectivity index (χ4n) is 3.68. The molecule has 0 aromatic heterocycles. The average Bonchev–Trinajstić information content (AvgIpc) is 2.78. The van der Waals surface area contributed by atoms with Crippen molar-refractivity contribution in [1.82, 2.24) is 4.90 Å². The van der Waals surface area contributed by atoms with Crippen LogP contribution < -0.4 is 9.47 Å². The predicted octanol–water partition coefficient (Wildman–Crippen LogP) is 7.22. The number of carbonyl (C=O) groups excluding carboxylic acids is 1. The van der Waals surface area contributed by atoms with E-state index in [0.29, 0.717) is 19.7 Å². The highest BCUT2D eigenvalue weighted by molar-refractivity contribution is 9.10. The molecular formula is C27H38BrNO4. The topological polar surface area (TPSA) is 48.0 Å². The van der Waals surface area contributed by atoms with Gasteiger partial charge < -0.3 is 19.1 Å². The molecule has 1 aliphatic rings. The first kappa shape index (κ1) is 27.0. The first-order valence-corrected chi connectivity index (χ1v) is 12.4. The van der Waals surface area contributed by atoms with Crippen molar-refractivity contribution in [2.45, 2.75) is 64.9 Å². The van der Waals surface area contributed by atoms with E-state index < -0.39 is 5.60 Å². The molecule has 0 unspecified atom stereocenters. The van der Waals surface area contributed by atoms with Gasteiger partial charge in [0.25, 0.3) is 0 Å². The highest BCUT2D eigenvalue weighted by Gasteiger charge is 2.39. The summed E-state index contributed by atoms with van der Waals surface area (Å²) in [6, 6.07) is 16.1. The van der Waals surface area contributed by atoms with E-state index in [9.17, 15) is 4.79 Å². The number of amides is 1. The van der Waals surface area contributed by atoms with Gasteiger partial charge in [-0.3, -0.25) is 0 Å². The average molecular weight is 521 g/mol. The van der Waals surface area contributed by atoms with Gasteiger partial charge in [-0.2, -0.15) is 0 Å². The molecule has 1 heterocycles. The van der Waals surface area contributed by atoms with Crippen molar-refractivity contribution < 1.29 is 19.0 Å². The molecule has 33 heavy (non-hydrogen) atoms. The van der Waals surface area contributed by atoms with E-state index in [1.165, 1.54) is 12.0 Å². The summed E-state index contributed by atoms with van der Waals surface area (Å²) in [6.07, 6.45) is 2.61. The lowest BCUT2D eigenvalue weighted by Crippen LogP contribution is -2.49. The van der Waals surface area contributed by atoms with Crippen LogP contribution >= 0.6 is 15.9 Å². The van der Waals surface area contributed by atoms with Crippen molar-refractivity contribution in [1.29, 1.82) is 0 Å². The Labute approximate surface area is 207 Å². The van der Waals surface area contributed by atoms with Gasteiger partial charge in [-0.15, -0.1) is 0 Å². The highest BCUT2D eigenvalue weighted by Crippen LogP contribution is 2.37. The third-order valence-electron chi connectivity index (χ3n) is 5.39. The molecule has 5 nitrogen and oxygen atoms in total. The van der Waals surface area contributed by atoms with Gasteiger partial charge in [-0.25, -0.2) is 4.79 Å². The Morgan fingerprint density at radius 2 is 1.61 bits per heavy atom. The van der Waals surface area contributed by atoms with E-state index >= 15 is 0 Å². The number of carbonyl (C=O) groups is 1. The smallest absolute Gasteiger partial charge is 0.410 e. The molecule has 0 bridgehead atoms. The van der Waals surface area contributed by atoms with Crippen LogP contribution in [0.1, 0.15) is 59.4 Å². The van der Waals surface area contributed by atoms with Gasteiger partial charge in [0.05, 0.1) is 13.7 Å². The number of likely N-dealkylation sites (tertiary alicyclic amines) is 1. The zero-order valence-electron chi connectivity index (χ0n) is 20.8. The normalized spacial score (nSPS) is 15.2. The van der Waals surface area contributed by atoms with Crippen LogP contribution in [-0.4, -0.2) is 43.4 Å². The molecular weight excluding hydrogens is 482 g/mol. The molecule has 1 amide bonds. The molecule has 182 valence electrons. The number of hydrogen-bond acceptors (Lipinski definition) is 4. The lowest BCUT2D eigenvalue weighted by atomic mass is 9.73. The van der Waals surface area contributed by atoms with E-state index in [-0.39, 0.29) is 11.5 Å². The SMILES string of the molecule is CCC.COc1cccc(OCC2(c3ccc(Br)cc3)CCN(C(=O)OC(C)(C)C)CC2)c1. The Kier molecular flexibility index (Phi) is 10.1. The number of ether oxygens (including phenoxy) is 3. The molecule has 2 aromatic rings. The van der Waals surface area contributed by atoms with Crippen LogP contribution in [-0.2, 0) is 10.2 Å². The number of nitrogens with zero attached hydrogens (tertiary/aromatic N) is 1. The second-order valence-electron chi connectivity index (χ2n) is 9.43. The van der Waals surface area contributed by atoms with Crippen LogP contribution in [0.2, 0.25) is 0 Å². The third-order valence-corrected chi connectivity index (χ3v) is 5.91. The quantitative estimate of drug-likeness (QED) is 0.418. The number of rotatable bonds is 5. The van der Waals surface area contributed by atoms with Crippen molar-refractivity contribution in [2.24, 2.45) is 0 Å². The minimum absolute atomic E-state index is 0.178. The Hall–Kier alpha value is -2.21. The van der Waals surface area contributed by atoms with Gasteiger partial charge in [0.15, 0.2) is 0 Å². The number of halogens is 1. The minimum Gasteiger partial charge on any atom is -0.497 e. The number of hydrogen-bond donors (Lipinski definition) is 0. The van der Waals surface area contributed by atoms with Crippen LogP contribution in [0.4, 0.5) is 4.79 Å². The minimum atomic E-state index is -0.493. The van der Waals surface area contributed by atoms with Crippen molar-refractivity contribution in [3.63, 3.8) is 0 Å². The second kappa shape index (κ2) is 12.3. The fraction of sp³-hybridized carbons (Fsp3) is 0.519. The molecule has 6 heteroatoms. The van der Waals surface area contributed by atoms with Gasteiger partial charge >= 0.3 is 6.09 Å².